The minimum atomic E-state index is 0.0908. The Kier molecular flexibility index (Phi) is 5.17. The Morgan fingerprint density at radius 2 is 1.90 bits per heavy atom. The van der Waals surface area contributed by atoms with E-state index < -0.39 is 0 Å². The van der Waals surface area contributed by atoms with Gasteiger partial charge < -0.3 is 9.84 Å². The Hall–Kier alpha value is -1.04. The molecule has 0 spiro atoms. The first kappa shape index (κ1) is 14.9. The van der Waals surface area contributed by atoms with Gasteiger partial charge in [0.15, 0.2) is 5.82 Å². The normalized spacial score (nSPS) is 25.1. The van der Waals surface area contributed by atoms with Gasteiger partial charge in [0.25, 0.3) is 0 Å². The monoisotopic (exact) mass is 291 g/mol. The van der Waals surface area contributed by atoms with Gasteiger partial charge in [0.1, 0.15) is 6.10 Å². The Morgan fingerprint density at radius 1 is 1.14 bits per heavy atom. The van der Waals surface area contributed by atoms with E-state index in [1.807, 2.05) is 12.4 Å². The average molecular weight is 291 g/mol. The zero-order valence-corrected chi connectivity index (χ0v) is 12.6. The summed E-state index contributed by atoms with van der Waals surface area (Å²) in [4.78, 5) is 11.4. The van der Waals surface area contributed by atoms with Crippen molar-refractivity contribution >= 4 is 0 Å². The van der Waals surface area contributed by atoms with Gasteiger partial charge >= 0.3 is 0 Å². The molecule has 0 bridgehead atoms. The van der Waals surface area contributed by atoms with Gasteiger partial charge in [0.2, 0.25) is 0 Å². The minimum Gasteiger partial charge on any atom is -0.396 e. The molecule has 21 heavy (non-hydrogen) atoms. The summed E-state index contributed by atoms with van der Waals surface area (Å²) in [5, 5.41) is 9.17. The van der Waals surface area contributed by atoms with E-state index in [0.29, 0.717) is 12.5 Å². The number of ether oxygens (including phenoxy) is 1. The molecule has 2 aliphatic heterocycles. The Balaban J connectivity index is 1.52. The Morgan fingerprint density at radius 3 is 2.52 bits per heavy atom. The predicted molar refractivity (Wildman–Crippen MR) is 79.7 cm³/mol. The van der Waals surface area contributed by atoms with E-state index in [9.17, 15) is 5.11 Å². The molecule has 1 aromatic heterocycles. The van der Waals surface area contributed by atoms with Gasteiger partial charge in [-0.3, -0.25) is 4.90 Å². The molecule has 0 aromatic carbocycles. The van der Waals surface area contributed by atoms with Crippen LogP contribution >= 0.6 is 0 Å². The highest BCUT2D eigenvalue weighted by Gasteiger charge is 2.20. The van der Waals surface area contributed by atoms with E-state index in [0.717, 1.165) is 63.3 Å². The lowest BCUT2D eigenvalue weighted by atomic mass is 9.98. The van der Waals surface area contributed by atoms with Crippen molar-refractivity contribution in [2.24, 2.45) is 5.92 Å². The summed E-state index contributed by atoms with van der Waals surface area (Å²) in [5.41, 5.74) is 1.16. The number of aromatic nitrogens is 2. The van der Waals surface area contributed by atoms with Crippen LogP contribution in [0.15, 0.2) is 12.4 Å². The maximum absolute atomic E-state index is 9.17. The van der Waals surface area contributed by atoms with Crippen LogP contribution in [0, 0.1) is 5.92 Å². The fourth-order valence-corrected chi connectivity index (χ4v) is 3.14. The highest BCUT2D eigenvalue weighted by molar-refractivity contribution is 5.07. The van der Waals surface area contributed by atoms with Crippen molar-refractivity contribution in [3.63, 3.8) is 0 Å². The van der Waals surface area contributed by atoms with Crippen molar-refractivity contribution < 1.29 is 9.84 Å². The maximum atomic E-state index is 9.17. The predicted octanol–water partition coefficient (Wildman–Crippen LogP) is 1.92. The van der Waals surface area contributed by atoms with Crippen molar-refractivity contribution in [1.29, 1.82) is 0 Å². The second kappa shape index (κ2) is 7.29. The molecule has 116 valence electrons. The third kappa shape index (κ3) is 3.99. The SMILES string of the molecule is OCC1CCN(Cc2cnc(C3CCCCO3)nc2)CC1. The molecule has 5 nitrogen and oxygen atoms in total. The second-order valence-corrected chi connectivity index (χ2v) is 6.21. The van der Waals surface area contributed by atoms with Gasteiger partial charge in [-0.25, -0.2) is 9.97 Å². The number of aliphatic hydroxyl groups excluding tert-OH is 1. The molecule has 3 heterocycles. The summed E-state index contributed by atoms with van der Waals surface area (Å²) in [6, 6.07) is 0. The summed E-state index contributed by atoms with van der Waals surface area (Å²) in [5.74, 6) is 1.32. The van der Waals surface area contributed by atoms with Crippen molar-refractivity contribution in [3.05, 3.63) is 23.8 Å². The molecule has 2 saturated heterocycles. The van der Waals surface area contributed by atoms with Crippen LogP contribution in [0.1, 0.15) is 49.6 Å². The minimum absolute atomic E-state index is 0.0908. The number of likely N-dealkylation sites (tertiary alicyclic amines) is 1. The molecular formula is C16H25N3O2. The maximum Gasteiger partial charge on any atom is 0.157 e. The first-order chi connectivity index (χ1) is 10.3. The van der Waals surface area contributed by atoms with Crippen molar-refractivity contribution in [2.45, 2.75) is 44.8 Å². The van der Waals surface area contributed by atoms with Crippen molar-refractivity contribution in [2.75, 3.05) is 26.3 Å². The smallest absolute Gasteiger partial charge is 0.157 e. The fourth-order valence-electron chi connectivity index (χ4n) is 3.14. The topological polar surface area (TPSA) is 58.5 Å². The van der Waals surface area contributed by atoms with Crippen LogP contribution in [0.5, 0.6) is 0 Å². The zero-order valence-electron chi connectivity index (χ0n) is 12.6. The van der Waals surface area contributed by atoms with Gasteiger partial charge in [0, 0.05) is 37.7 Å². The summed E-state index contributed by atoms with van der Waals surface area (Å²) >= 11 is 0. The van der Waals surface area contributed by atoms with Gasteiger partial charge in [-0.15, -0.1) is 0 Å². The van der Waals surface area contributed by atoms with Crippen molar-refractivity contribution in [1.82, 2.24) is 14.9 Å². The van der Waals surface area contributed by atoms with Crippen LogP contribution in [0.4, 0.5) is 0 Å². The number of rotatable bonds is 4. The molecular weight excluding hydrogens is 266 g/mol. The molecule has 0 amide bonds. The van der Waals surface area contributed by atoms with Crippen molar-refractivity contribution in [3.8, 4) is 0 Å². The van der Waals surface area contributed by atoms with E-state index in [1.54, 1.807) is 0 Å². The molecule has 5 heteroatoms. The molecule has 1 unspecified atom stereocenters. The van der Waals surface area contributed by atoms with Gasteiger partial charge in [0.05, 0.1) is 0 Å². The first-order valence-electron chi connectivity index (χ1n) is 8.11. The molecule has 1 N–H and O–H groups in total. The quantitative estimate of drug-likeness (QED) is 0.918. The van der Waals surface area contributed by atoms with E-state index in [4.69, 9.17) is 4.74 Å². The number of piperidine rings is 1. The van der Waals surface area contributed by atoms with E-state index >= 15 is 0 Å². The van der Waals surface area contributed by atoms with E-state index in [1.165, 1.54) is 6.42 Å². The summed E-state index contributed by atoms with van der Waals surface area (Å²) in [6.07, 6.45) is 9.54. The van der Waals surface area contributed by atoms with Gasteiger partial charge in [-0.1, -0.05) is 0 Å². The first-order valence-corrected chi connectivity index (χ1v) is 8.11. The summed E-state index contributed by atoms with van der Waals surface area (Å²) < 4.78 is 5.72. The lowest BCUT2D eigenvalue weighted by molar-refractivity contribution is 0.00937. The number of hydrogen-bond acceptors (Lipinski definition) is 5. The summed E-state index contributed by atoms with van der Waals surface area (Å²) in [7, 11) is 0. The van der Waals surface area contributed by atoms with Crippen LogP contribution in [0.2, 0.25) is 0 Å². The molecule has 3 rings (SSSR count). The van der Waals surface area contributed by atoms with Crippen LogP contribution in [0.3, 0.4) is 0 Å². The van der Waals surface area contributed by atoms with E-state index in [-0.39, 0.29) is 6.10 Å². The molecule has 1 aromatic rings. The van der Waals surface area contributed by atoms with Gasteiger partial charge in [-0.05, 0) is 51.1 Å². The Labute approximate surface area is 126 Å². The third-order valence-electron chi connectivity index (χ3n) is 4.56. The van der Waals surface area contributed by atoms with Crippen LogP contribution < -0.4 is 0 Å². The zero-order chi connectivity index (χ0) is 14.5. The molecule has 0 saturated carbocycles. The highest BCUT2D eigenvalue weighted by Crippen LogP contribution is 2.25. The number of nitrogens with zero attached hydrogens (tertiary/aromatic N) is 3. The molecule has 1 atom stereocenters. The molecule has 0 aliphatic carbocycles. The third-order valence-corrected chi connectivity index (χ3v) is 4.56. The molecule has 2 aliphatic rings. The molecule has 2 fully saturated rings. The Bertz CT molecular complexity index is 424. The van der Waals surface area contributed by atoms with Crippen LogP contribution in [-0.4, -0.2) is 46.3 Å². The molecule has 0 radical (unpaired) electrons. The fraction of sp³-hybridized carbons (Fsp3) is 0.750. The lowest BCUT2D eigenvalue weighted by Crippen LogP contribution is -2.34. The largest absolute Gasteiger partial charge is 0.396 e. The van der Waals surface area contributed by atoms with Crippen LogP contribution in [-0.2, 0) is 11.3 Å². The number of aliphatic hydroxyl groups is 1. The summed E-state index contributed by atoms with van der Waals surface area (Å²) in [6.45, 7) is 4.17. The number of hydrogen-bond donors (Lipinski definition) is 1. The van der Waals surface area contributed by atoms with E-state index in [2.05, 4.69) is 14.9 Å². The highest BCUT2D eigenvalue weighted by atomic mass is 16.5. The lowest BCUT2D eigenvalue weighted by Gasteiger charge is -2.30. The second-order valence-electron chi connectivity index (χ2n) is 6.21. The standard InChI is InChI=1S/C16H25N3O2/c20-12-13-4-6-19(7-5-13)11-14-9-17-16(18-10-14)15-3-1-2-8-21-15/h9-10,13,15,20H,1-8,11-12H2. The van der Waals surface area contributed by atoms with Crippen LogP contribution in [0.25, 0.3) is 0 Å². The van der Waals surface area contributed by atoms with Gasteiger partial charge in [-0.2, -0.15) is 0 Å². The average Bonchev–Trinajstić information content (AvgIpc) is 2.57.